The van der Waals surface area contributed by atoms with Crippen molar-refractivity contribution in [2.75, 3.05) is 10.6 Å². The van der Waals surface area contributed by atoms with Gasteiger partial charge in [0.05, 0.1) is 4.99 Å². The molecule has 1 aliphatic carbocycles. The van der Waals surface area contributed by atoms with Crippen LogP contribution in [-0.4, -0.2) is 4.99 Å². The van der Waals surface area contributed by atoms with Crippen LogP contribution in [-0.2, 0) is 13.0 Å². The predicted octanol–water partition coefficient (Wildman–Crippen LogP) is 5.63. The molecule has 4 rings (SSSR count). The first-order valence-corrected chi connectivity index (χ1v) is 8.91. The zero-order valence-corrected chi connectivity index (χ0v) is 15.0. The maximum Gasteiger partial charge on any atom is 0.0765 e. The number of benzene rings is 3. The van der Waals surface area contributed by atoms with Crippen LogP contribution in [0.25, 0.3) is 11.1 Å². The molecule has 2 N–H and O–H groups in total. The summed E-state index contributed by atoms with van der Waals surface area (Å²) in [5.74, 6) is 0. The molecule has 0 fully saturated rings. The fourth-order valence-electron chi connectivity index (χ4n) is 3.40. The summed E-state index contributed by atoms with van der Waals surface area (Å²) < 4.78 is 0. The Balaban J connectivity index is 1.53. The molecule has 0 saturated heterocycles. The first kappa shape index (κ1) is 15.9. The number of hydrogen-bond donors (Lipinski definition) is 2. The fraction of sp³-hybridized carbons (Fsp3) is 0.136. The van der Waals surface area contributed by atoms with E-state index in [4.69, 9.17) is 12.2 Å². The number of rotatable bonds is 4. The highest BCUT2D eigenvalue weighted by atomic mass is 32.1. The standard InChI is InChI=1S/C22H20N2S/c1-15(25)24-20-8-10-22-18(13-20)11-17-12-19(7-9-21(17)22)23-14-16-5-3-2-4-6-16/h2-10,12-13,23H,11,14H2,1H3,(H,24,25). The lowest BCUT2D eigenvalue weighted by molar-refractivity contribution is 1.14. The van der Waals surface area contributed by atoms with E-state index in [2.05, 4.69) is 71.3 Å². The highest BCUT2D eigenvalue weighted by Crippen LogP contribution is 2.39. The Hall–Kier alpha value is -2.65. The molecule has 0 heterocycles. The molecule has 124 valence electrons. The third-order valence-corrected chi connectivity index (χ3v) is 4.64. The molecule has 0 amide bonds. The van der Waals surface area contributed by atoms with E-state index < -0.39 is 0 Å². The summed E-state index contributed by atoms with van der Waals surface area (Å²) in [5.41, 5.74) is 8.94. The smallest absolute Gasteiger partial charge is 0.0765 e. The van der Waals surface area contributed by atoms with Crippen molar-refractivity contribution in [1.82, 2.24) is 0 Å². The first-order valence-electron chi connectivity index (χ1n) is 8.51. The van der Waals surface area contributed by atoms with E-state index in [-0.39, 0.29) is 0 Å². The van der Waals surface area contributed by atoms with Gasteiger partial charge < -0.3 is 10.6 Å². The summed E-state index contributed by atoms with van der Waals surface area (Å²) >= 11 is 5.14. The fourth-order valence-corrected chi connectivity index (χ4v) is 3.52. The van der Waals surface area contributed by atoms with Crippen molar-refractivity contribution >= 4 is 28.6 Å². The summed E-state index contributed by atoms with van der Waals surface area (Å²) in [5, 5.41) is 6.76. The molecular formula is C22H20N2S. The summed E-state index contributed by atoms with van der Waals surface area (Å²) in [6.07, 6.45) is 0.970. The van der Waals surface area contributed by atoms with Crippen LogP contribution in [0.1, 0.15) is 23.6 Å². The molecule has 2 nitrogen and oxygen atoms in total. The Bertz CT molecular complexity index is 932. The number of fused-ring (bicyclic) bond motifs is 3. The lowest BCUT2D eigenvalue weighted by Crippen LogP contribution is -2.03. The van der Waals surface area contributed by atoms with Crippen LogP contribution < -0.4 is 10.6 Å². The minimum atomic E-state index is 0.794. The molecule has 25 heavy (non-hydrogen) atoms. The van der Waals surface area contributed by atoms with E-state index in [0.29, 0.717) is 0 Å². The average Bonchev–Trinajstić information content (AvgIpc) is 2.97. The molecule has 3 heteroatoms. The van der Waals surface area contributed by atoms with Crippen LogP contribution in [0.2, 0.25) is 0 Å². The second kappa shape index (κ2) is 6.69. The normalized spacial score (nSPS) is 11.6. The molecule has 0 aromatic heterocycles. The first-order chi connectivity index (χ1) is 12.2. The minimum absolute atomic E-state index is 0.794. The quantitative estimate of drug-likeness (QED) is 0.469. The summed E-state index contributed by atoms with van der Waals surface area (Å²) in [6.45, 7) is 2.75. The van der Waals surface area contributed by atoms with Gasteiger partial charge in [0.1, 0.15) is 0 Å². The van der Waals surface area contributed by atoms with E-state index >= 15 is 0 Å². The van der Waals surface area contributed by atoms with E-state index in [1.165, 1.54) is 33.5 Å². The number of thiocarbonyl (C=S) groups is 1. The van der Waals surface area contributed by atoms with E-state index in [9.17, 15) is 0 Å². The number of nitrogens with one attached hydrogen (secondary N) is 2. The van der Waals surface area contributed by atoms with Gasteiger partial charge in [-0.25, -0.2) is 0 Å². The highest BCUT2D eigenvalue weighted by molar-refractivity contribution is 7.80. The maximum absolute atomic E-state index is 5.14. The van der Waals surface area contributed by atoms with Crippen molar-refractivity contribution in [1.29, 1.82) is 0 Å². The average molecular weight is 344 g/mol. The van der Waals surface area contributed by atoms with Gasteiger partial charge in [-0.05, 0) is 65.4 Å². The number of anilines is 2. The Kier molecular flexibility index (Phi) is 4.24. The third-order valence-electron chi connectivity index (χ3n) is 4.54. The Labute approximate surface area is 153 Å². The Morgan fingerprint density at radius 2 is 1.52 bits per heavy atom. The minimum Gasteiger partial charge on any atom is -0.381 e. The van der Waals surface area contributed by atoms with Gasteiger partial charge in [0.25, 0.3) is 0 Å². The SMILES string of the molecule is CC(=S)Nc1ccc2c(c1)Cc1cc(NCc3ccccc3)ccc1-2. The molecule has 0 radical (unpaired) electrons. The molecular weight excluding hydrogens is 324 g/mol. The van der Waals surface area contributed by atoms with Gasteiger partial charge in [-0.3, -0.25) is 0 Å². The summed E-state index contributed by atoms with van der Waals surface area (Å²) in [4.78, 5) is 0.794. The molecule has 3 aromatic carbocycles. The summed E-state index contributed by atoms with van der Waals surface area (Å²) in [6, 6.07) is 23.7. The second-order valence-corrected chi connectivity index (χ2v) is 7.05. The molecule has 0 unspecified atom stereocenters. The molecule has 1 aliphatic rings. The monoisotopic (exact) mass is 344 g/mol. The summed E-state index contributed by atoms with van der Waals surface area (Å²) in [7, 11) is 0. The Morgan fingerprint density at radius 3 is 2.20 bits per heavy atom. The van der Waals surface area contributed by atoms with Gasteiger partial charge in [0, 0.05) is 17.9 Å². The lowest BCUT2D eigenvalue weighted by Gasteiger charge is -2.09. The zero-order valence-electron chi connectivity index (χ0n) is 14.2. The largest absolute Gasteiger partial charge is 0.381 e. The predicted molar refractivity (Wildman–Crippen MR) is 110 cm³/mol. The van der Waals surface area contributed by atoms with Crippen LogP contribution in [0, 0.1) is 0 Å². The van der Waals surface area contributed by atoms with E-state index in [0.717, 1.165) is 23.6 Å². The van der Waals surface area contributed by atoms with Gasteiger partial charge in [0.15, 0.2) is 0 Å². The highest BCUT2D eigenvalue weighted by Gasteiger charge is 2.19. The Morgan fingerprint density at radius 1 is 0.880 bits per heavy atom. The molecule has 3 aromatic rings. The molecule has 0 spiro atoms. The van der Waals surface area contributed by atoms with Crippen molar-refractivity contribution in [2.24, 2.45) is 0 Å². The van der Waals surface area contributed by atoms with Crippen molar-refractivity contribution in [3.05, 3.63) is 83.4 Å². The van der Waals surface area contributed by atoms with Crippen molar-refractivity contribution in [3.63, 3.8) is 0 Å². The number of hydrogen-bond acceptors (Lipinski definition) is 2. The van der Waals surface area contributed by atoms with Gasteiger partial charge in [-0.15, -0.1) is 0 Å². The molecule has 0 saturated carbocycles. The molecule has 0 atom stereocenters. The van der Waals surface area contributed by atoms with Crippen LogP contribution in [0.5, 0.6) is 0 Å². The van der Waals surface area contributed by atoms with Gasteiger partial charge >= 0.3 is 0 Å². The van der Waals surface area contributed by atoms with Crippen LogP contribution >= 0.6 is 12.2 Å². The van der Waals surface area contributed by atoms with Crippen LogP contribution in [0.4, 0.5) is 11.4 Å². The van der Waals surface area contributed by atoms with E-state index in [1.54, 1.807) is 0 Å². The molecule has 0 bridgehead atoms. The molecule has 0 aliphatic heterocycles. The van der Waals surface area contributed by atoms with Gasteiger partial charge in [-0.2, -0.15) is 0 Å². The lowest BCUT2D eigenvalue weighted by atomic mass is 10.0. The van der Waals surface area contributed by atoms with Gasteiger partial charge in [-0.1, -0.05) is 54.7 Å². The van der Waals surface area contributed by atoms with Crippen molar-refractivity contribution in [3.8, 4) is 11.1 Å². The van der Waals surface area contributed by atoms with Gasteiger partial charge in [0.2, 0.25) is 0 Å². The third kappa shape index (κ3) is 3.42. The van der Waals surface area contributed by atoms with Crippen molar-refractivity contribution < 1.29 is 0 Å². The van der Waals surface area contributed by atoms with Crippen molar-refractivity contribution in [2.45, 2.75) is 19.9 Å². The van der Waals surface area contributed by atoms with Crippen LogP contribution in [0.3, 0.4) is 0 Å². The maximum atomic E-state index is 5.14. The van der Waals surface area contributed by atoms with E-state index in [1.807, 2.05) is 13.0 Å². The van der Waals surface area contributed by atoms with Crippen LogP contribution in [0.15, 0.2) is 66.7 Å². The second-order valence-electron chi connectivity index (χ2n) is 6.44. The topological polar surface area (TPSA) is 24.1 Å². The zero-order chi connectivity index (χ0) is 17.2.